The molecule has 1 fully saturated rings. The number of thioether (sulfide) groups is 1. The van der Waals surface area contributed by atoms with E-state index in [2.05, 4.69) is 5.43 Å². The normalized spacial score (nSPS) is 17.1. The van der Waals surface area contributed by atoms with Crippen LogP contribution in [0.2, 0.25) is 0 Å². The summed E-state index contributed by atoms with van der Waals surface area (Å²) >= 11 is 1.65. The first kappa shape index (κ1) is 21.5. The average Bonchev–Trinajstić information content (AvgIpc) is 2.68. The van der Waals surface area contributed by atoms with Crippen molar-refractivity contribution >= 4 is 23.8 Å². The van der Waals surface area contributed by atoms with E-state index in [1.54, 1.807) is 36.0 Å². The van der Waals surface area contributed by atoms with Gasteiger partial charge in [-0.3, -0.25) is 10.2 Å². The Balaban J connectivity index is 1.78. The van der Waals surface area contributed by atoms with Crippen molar-refractivity contribution in [3.8, 4) is 0 Å². The SMILES string of the molecule is N[C@H](CSCC1CCCCC1)C(O)C(=O)NN(Cc1ccccc1)C(=O)O. The van der Waals surface area contributed by atoms with E-state index >= 15 is 0 Å². The van der Waals surface area contributed by atoms with Crippen molar-refractivity contribution in [3.63, 3.8) is 0 Å². The number of hydrogen-bond donors (Lipinski definition) is 4. The summed E-state index contributed by atoms with van der Waals surface area (Å²) in [7, 11) is 0. The zero-order chi connectivity index (χ0) is 19.6. The maximum Gasteiger partial charge on any atom is 0.426 e. The Labute approximate surface area is 164 Å². The van der Waals surface area contributed by atoms with E-state index in [0.717, 1.165) is 16.3 Å². The van der Waals surface area contributed by atoms with Crippen LogP contribution < -0.4 is 11.2 Å². The maximum absolute atomic E-state index is 12.2. The number of rotatable bonds is 8. The van der Waals surface area contributed by atoms with Crippen molar-refractivity contribution in [2.75, 3.05) is 11.5 Å². The number of aliphatic hydroxyl groups excluding tert-OH is 1. The molecule has 27 heavy (non-hydrogen) atoms. The highest BCUT2D eigenvalue weighted by molar-refractivity contribution is 7.99. The summed E-state index contributed by atoms with van der Waals surface area (Å²) in [5, 5.41) is 20.2. The van der Waals surface area contributed by atoms with Gasteiger partial charge in [-0.2, -0.15) is 11.8 Å². The molecule has 150 valence electrons. The molecule has 0 bridgehead atoms. The molecule has 2 rings (SSSR count). The summed E-state index contributed by atoms with van der Waals surface area (Å²) in [6, 6.07) is 8.15. The van der Waals surface area contributed by atoms with Crippen molar-refractivity contribution < 1.29 is 19.8 Å². The van der Waals surface area contributed by atoms with Crippen molar-refractivity contribution in [3.05, 3.63) is 35.9 Å². The molecule has 5 N–H and O–H groups in total. The molecular formula is C19H29N3O4S. The second-order valence-electron chi connectivity index (χ2n) is 6.98. The average molecular weight is 396 g/mol. The van der Waals surface area contributed by atoms with Crippen LogP contribution in [-0.2, 0) is 11.3 Å². The number of benzene rings is 1. The lowest BCUT2D eigenvalue weighted by atomic mass is 9.91. The monoisotopic (exact) mass is 395 g/mol. The Bertz CT molecular complexity index is 596. The minimum atomic E-state index is -1.46. The fraction of sp³-hybridized carbons (Fsp3) is 0.579. The lowest BCUT2D eigenvalue weighted by Crippen LogP contribution is -2.54. The number of amides is 2. The zero-order valence-corrected chi connectivity index (χ0v) is 16.2. The van der Waals surface area contributed by atoms with Crippen LogP contribution >= 0.6 is 11.8 Å². The number of carbonyl (C=O) groups is 2. The summed E-state index contributed by atoms with van der Waals surface area (Å²) < 4.78 is 0. The first-order valence-corrected chi connectivity index (χ1v) is 10.5. The van der Waals surface area contributed by atoms with Crippen LogP contribution in [0.1, 0.15) is 37.7 Å². The van der Waals surface area contributed by atoms with Crippen LogP contribution in [0.4, 0.5) is 4.79 Å². The molecule has 0 spiro atoms. The molecule has 1 unspecified atom stereocenters. The molecule has 1 saturated carbocycles. The Kier molecular flexibility index (Phi) is 8.90. The quantitative estimate of drug-likeness (QED) is 0.502. The Morgan fingerprint density at radius 2 is 1.89 bits per heavy atom. The van der Waals surface area contributed by atoms with Gasteiger partial charge >= 0.3 is 6.09 Å². The first-order chi connectivity index (χ1) is 13.0. The number of hydrazine groups is 1. The molecular weight excluding hydrogens is 366 g/mol. The third-order valence-corrected chi connectivity index (χ3v) is 6.05. The Hall–Kier alpha value is -1.77. The summed E-state index contributed by atoms with van der Waals surface area (Å²) in [5.74, 6) is 1.32. The van der Waals surface area contributed by atoms with Gasteiger partial charge in [0.2, 0.25) is 0 Å². The summed E-state index contributed by atoms with van der Waals surface area (Å²) in [4.78, 5) is 23.6. The minimum absolute atomic E-state index is 0.0136. The molecule has 1 aliphatic rings. The number of nitrogens with two attached hydrogens (primary N) is 1. The standard InChI is InChI=1S/C19H29N3O4S/c20-16(13-27-12-15-9-5-2-6-10-15)17(23)18(24)21-22(19(25)26)11-14-7-3-1-4-8-14/h1,3-4,7-8,15-17,23H,2,5-6,9-13,20H2,(H,21,24)(H,25,26)/t16-,17?/m1/s1. The lowest BCUT2D eigenvalue weighted by molar-refractivity contribution is -0.134. The van der Waals surface area contributed by atoms with Gasteiger partial charge in [-0.25, -0.2) is 9.80 Å². The third kappa shape index (κ3) is 7.40. The Morgan fingerprint density at radius 1 is 1.22 bits per heavy atom. The van der Waals surface area contributed by atoms with Crippen LogP contribution in [-0.4, -0.2) is 50.9 Å². The molecule has 0 aromatic heterocycles. The van der Waals surface area contributed by atoms with Crippen molar-refractivity contribution in [2.45, 2.75) is 50.8 Å². The smallest absolute Gasteiger partial charge is 0.426 e. The molecule has 7 nitrogen and oxygen atoms in total. The van der Waals surface area contributed by atoms with E-state index < -0.39 is 24.1 Å². The van der Waals surface area contributed by atoms with Gasteiger partial charge in [0.1, 0.15) is 6.10 Å². The van der Waals surface area contributed by atoms with E-state index in [9.17, 15) is 19.8 Å². The molecule has 0 heterocycles. The third-order valence-electron chi connectivity index (χ3n) is 4.72. The highest BCUT2D eigenvalue weighted by atomic mass is 32.2. The Morgan fingerprint density at radius 3 is 2.52 bits per heavy atom. The predicted octanol–water partition coefficient (Wildman–Crippen LogP) is 2.20. The minimum Gasteiger partial charge on any atom is -0.464 e. The number of carboxylic acid groups (broad SMARTS) is 1. The van der Waals surface area contributed by atoms with E-state index in [1.807, 2.05) is 6.07 Å². The van der Waals surface area contributed by atoms with Crippen LogP contribution in [0.15, 0.2) is 30.3 Å². The first-order valence-electron chi connectivity index (χ1n) is 9.33. The van der Waals surface area contributed by atoms with Gasteiger partial charge in [0.15, 0.2) is 0 Å². The van der Waals surface area contributed by atoms with E-state index in [1.165, 1.54) is 32.1 Å². The highest BCUT2D eigenvalue weighted by Gasteiger charge is 2.26. The van der Waals surface area contributed by atoms with Crippen molar-refractivity contribution in [2.24, 2.45) is 11.7 Å². The summed E-state index contributed by atoms with van der Waals surface area (Å²) in [5.41, 5.74) is 8.91. The molecule has 0 aliphatic heterocycles. The van der Waals surface area contributed by atoms with Crippen molar-refractivity contribution in [1.29, 1.82) is 0 Å². The zero-order valence-electron chi connectivity index (χ0n) is 15.4. The number of hydrogen-bond acceptors (Lipinski definition) is 5. The topological polar surface area (TPSA) is 116 Å². The highest BCUT2D eigenvalue weighted by Crippen LogP contribution is 2.26. The van der Waals surface area contributed by atoms with Gasteiger partial charge in [0.25, 0.3) is 5.91 Å². The molecule has 1 aliphatic carbocycles. The van der Waals surface area contributed by atoms with Gasteiger partial charge < -0.3 is 15.9 Å². The number of nitrogens with one attached hydrogen (secondary N) is 1. The van der Waals surface area contributed by atoms with Crippen LogP contribution in [0.3, 0.4) is 0 Å². The fourth-order valence-corrected chi connectivity index (χ4v) is 4.39. The van der Waals surface area contributed by atoms with Crippen molar-refractivity contribution in [1.82, 2.24) is 10.4 Å². The maximum atomic E-state index is 12.2. The van der Waals surface area contributed by atoms with Gasteiger partial charge in [0.05, 0.1) is 6.54 Å². The fourth-order valence-electron chi connectivity index (χ4n) is 3.13. The van der Waals surface area contributed by atoms with E-state index in [-0.39, 0.29) is 6.54 Å². The second kappa shape index (κ2) is 11.2. The summed E-state index contributed by atoms with van der Waals surface area (Å²) in [6.07, 6.45) is 3.56. The van der Waals surface area contributed by atoms with E-state index in [0.29, 0.717) is 11.7 Å². The van der Waals surface area contributed by atoms with Gasteiger partial charge in [-0.15, -0.1) is 0 Å². The molecule has 0 radical (unpaired) electrons. The molecule has 8 heteroatoms. The molecule has 1 aromatic rings. The molecule has 2 atom stereocenters. The van der Waals surface area contributed by atoms with Gasteiger partial charge in [0, 0.05) is 11.8 Å². The number of carbonyl (C=O) groups excluding carboxylic acids is 1. The van der Waals surface area contributed by atoms with Crippen LogP contribution in [0.25, 0.3) is 0 Å². The molecule has 2 amide bonds. The lowest BCUT2D eigenvalue weighted by Gasteiger charge is -2.25. The molecule has 1 aromatic carbocycles. The van der Waals surface area contributed by atoms with Gasteiger partial charge in [-0.1, -0.05) is 49.6 Å². The largest absolute Gasteiger partial charge is 0.464 e. The van der Waals surface area contributed by atoms with Gasteiger partial charge in [-0.05, 0) is 30.1 Å². The molecule has 0 saturated heterocycles. The number of aliphatic hydroxyl groups is 1. The number of nitrogens with zero attached hydrogens (tertiary/aromatic N) is 1. The summed E-state index contributed by atoms with van der Waals surface area (Å²) in [6.45, 7) is -0.0136. The second-order valence-corrected chi connectivity index (χ2v) is 8.06. The predicted molar refractivity (Wildman–Crippen MR) is 106 cm³/mol. The van der Waals surface area contributed by atoms with Crippen LogP contribution in [0, 0.1) is 5.92 Å². The van der Waals surface area contributed by atoms with E-state index in [4.69, 9.17) is 5.73 Å². The van der Waals surface area contributed by atoms with Crippen LogP contribution in [0.5, 0.6) is 0 Å².